The van der Waals surface area contributed by atoms with Crippen LogP contribution in [0.2, 0.25) is 0 Å². The minimum atomic E-state index is -0.112. The Morgan fingerprint density at radius 2 is 2.43 bits per heavy atom. The molecular formula is C14H18N4O2S. The number of nitrogens with one attached hydrogen (secondary N) is 1. The first-order chi connectivity index (χ1) is 10.0. The van der Waals surface area contributed by atoms with Crippen LogP contribution in [0.4, 0.5) is 0 Å². The highest BCUT2D eigenvalue weighted by molar-refractivity contribution is 7.80. The molecule has 1 aromatic rings. The average molecular weight is 306 g/mol. The van der Waals surface area contributed by atoms with Gasteiger partial charge in [-0.2, -0.15) is 5.10 Å². The van der Waals surface area contributed by atoms with Gasteiger partial charge in [0.05, 0.1) is 18.3 Å². The van der Waals surface area contributed by atoms with Crippen LogP contribution < -0.4 is 5.32 Å². The van der Waals surface area contributed by atoms with Gasteiger partial charge in [-0.05, 0) is 44.1 Å². The van der Waals surface area contributed by atoms with E-state index in [0.29, 0.717) is 17.4 Å². The number of ether oxygens (including phenoxy) is 1. The number of hydrogen-bond donors (Lipinski definition) is 1. The Bertz CT molecular complexity index is 597. The molecule has 2 saturated heterocycles. The number of carbonyl (C=O) groups is 1. The Kier molecular flexibility index (Phi) is 3.77. The van der Waals surface area contributed by atoms with Gasteiger partial charge < -0.3 is 10.1 Å². The van der Waals surface area contributed by atoms with E-state index < -0.39 is 0 Å². The van der Waals surface area contributed by atoms with Crippen LogP contribution in [0.5, 0.6) is 0 Å². The summed E-state index contributed by atoms with van der Waals surface area (Å²) in [5, 5.41) is 7.73. The maximum atomic E-state index is 12.4. The lowest BCUT2D eigenvalue weighted by atomic mass is 10.2. The van der Waals surface area contributed by atoms with Crippen molar-refractivity contribution in [2.45, 2.75) is 25.9 Å². The van der Waals surface area contributed by atoms with Gasteiger partial charge in [0.25, 0.3) is 5.91 Å². The topological polar surface area (TPSA) is 59.4 Å². The van der Waals surface area contributed by atoms with Crippen molar-refractivity contribution < 1.29 is 9.53 Å². The largest absolute Gasteiger partial charge is 0.376 e. The molecule has 6 nitrogen and oxygen atoms in total. The van der Waals surface area contributed by atoms with Crippen LogP contribution in [0.3, 0.4) is 0 Å². The van der Waals surface area contributed by atoms with Crippen molar-refractivity contribution in [2.75, 3.05) is 13.2 Å². The maximum Gasteiger partial charge on any atom is 0.276 e. The summed E-state index contributed by atoms with van der Waals surface area (Å²) in [7, 11) is 1.87. The quantitative estimate of drug-likeness (QED) is 0.666. The molecule has 2 aliphatic rings. The van der Waals surface area contributed by atoms with E-state index in [1.54, 1.807) is 15.7 Å². The number of hydrogen-bond acceptors (Lipinski definition) is 4. The number of thiocarbonyl (C=S) groups is 1. The fourth-order valence-corrected chi connectivity index (χ4v) is 2.80. The Hall–Kier alpha value is -1.73. The molecule has 0 saturated carbocycles. The first-order valence-corrected chi connectivity index (χ1v) is 7.42. The van der Waals surface area contributed by atoms with Crippen LogP contribution in [-0.4, -0.2) is 45.0 Å². The molecule has 1 N–H and O–H groups in total. The Morgan fingerprint density at radius 1 is 1.62 bits per heavy atom. The van der Waals surface area contributed by atoms with Gasteiger partial charge >= 0.3 is 0 Å². The maximum absolute atomic E-state index is 12.4. The van der Waals surface area contributed by atoms with Crippen LogP contribution in [0.1, 0.15) is 24.2 Å². The summed E-state index contributed by atoms with van der Waals surface area (Å²) in [5.74, 6) is -0.112. The van der Waals surface area contributed by atoms with Crippen LogP contribution in [0, 0.1) is 6.92 Å². The molecule has 3 rings (SSSR count). The molecule has 3 heterocycles. The normalized spacial score (nSPS) is 24.2. The molecule has 0 radical (unpaired) electrons. The molecule has 2 aliphatic heterocycles. The van der Waals surface area contributed by atoms with Gasteiger partial charge in [-0.1, -0.05) is 0 Å². The van der Waals surface area contributed by atoms with E-state index >= 15 is 0 Å². The van der Waals surface area contributed by atoms with Crippen LogP contribution in [-0.2, 0) is 16.6 Å². The van der Waals surface area contributed by atoms with E-state index in [0.717, 1.165) is 30.8 Å². The first kappa shape index (κ1) is 14.2. The van der Waals surface area contributed by atoms with Gasteiger partial charge in [0.15, 0.2) is 5.11 Å². The second kappa shape index (κ2) is 5.57. The molecule has 112 valence electrons. The van der Waals surface area contributed by atoms with Gasteiger partial charge in [-0.15, -0.1) is 0 Å². The predicted octanol–water partition coefficient (Wildman–Crippen LogP) is 0.965. The number of carbonyl (C=O) groups excluding carboxylic acids is 1. The molecule has 21 heavy (non-hydrogen) atoms. The van der Waals surface area contributed by atoms with Gasteiger partial charge in [-0.3, -0.25) is 14.4 Å². The van der Waals surface area contributed by atoms with Gasteiger partial charge in [-0.25, -0.2) is 0 Å². The highest BCUT2D eigenvalue weighted by Gasteiger charge is 2.33. The molecule has 0 aromatic carbocycles. The highest BCUT2D eigenvalue weighted by atomic mass is 32.1. The molecule has 0 spiro atoms. The number of aromatic nitrogens is 2. The molecule has 2 fully saturated rings. The zero-order chi connectivity index (χ0) is 15.0. The van der Waals surface area contributed by atoms with Crippen molar-refractivity contribution in [3.8, 4) is 0 Å². The third-order valence-corrected chi connectivity index (χ3v) is 4.12. The summed E-state index contributed by atoms with van der Waals surface area (Å²) < 4.78 is 7.34. The highest BCUT2D eigenvalue weighted by Crippen LogP contribution is 2.19. The lowest BCUT2D eigenvalue weighted by Crippen LogP contribution is -2.37. The fourth-order valence-electron chi connectivity index (χ4n) is 2.54. The summed E-state index contributed by atoms with van der Waals surface area (Å²) >= 11 is 5.25. The van der Waals surface area contributed by atoms with Crippen molar-refractivity contribution in [2.24, 2.45) is 7.05 Å². The van der Waals surface area contributed by atoms with Gasteiger partial charge in [0, 0.05) is 19.3 Å². The summed E-state index contributed by atoms with van der Waals surface area (Å²) in [4.78, 5) is 14.0. The molecule has 0 bridgehead atoms. The van der Waals surface area contributed by atoms with E-state index in [1.165, 1.54) is 0 Å². The summed E-state index contributed by atoms with van der Waals surface area (Å²) in [6.45, 7) is 3.25. The second-order valence-electron chi connectivity index (χ2n) is 5.37. The molecular weight excluding hydrogens is 288 g/mol. The predicted molar refractivity (Wildman–Crippen MR) is 82.3 cm³/mol. The average Bonchev–Trinajstić information content (AvgIpc) is 3.10. The Morgan fingerprint density at radius 3 is 3.05 bits per heavy atom. The summed E-state index contributed by atoms with van der Waals surface area (Å²) in [6, 6.07) is 1.92. The molecule has 1 amide bonds. The molecule has 0 aliphatic carbocycles. The van der Waals surface area contributed by atoms with Crippen molar-refractivity contribution in [1.29, 1.82) is 0 Å². The fraction of sp³-hybridized carbons (Fsp3) is 0.500. The minimum Gasteiger partial charge on any atom is -0.376 e. The number of nitrogens with zero attached hydrogens (tertiary/aromatic N) is 3. The summed E-state index contributed by atoms with van der Waals surface area (Å²) in [5.41, 5.74) is 2.25. The number of amides is 1. The molecule has 1 unspecified atom stereocenters. The van der Waals surface area contributed by atoms with E-state index in [9.17, 15) is 4.79 Å². The monoisotopic (exact) mass is 306 g/mol. The van der Waals surface area contributed by atoms with Crippen LogP contribution in [0.25, 0.3) is 6.08 Å². The Balaban J connectivity index is 1.76. The molecule has 7 heteroatoms. The van der Waals surface area contributed by atoms with Crippen LogP contribution in [0.15, 0.2) is 11.8 Å². The standard InChI is InChI=1S/C14H18N4O2S/c1-9-6-10(16-17(9)2)7-12-13(19)18(14(21)15-12)8-11-4-3-5-20-11/h6-7,11H,3-5,8H2,1-2H3,(H,15,21)/b12-7+. The van der Waals surface area contributed by atoms with E-state index in [4.69, 9.17) is 17.0 Å². The zero-order valence-corrected chi connectivity index (χ0v) is 12.9. The zero-order valence-electron chi connectivity index (χ0n) is 12.1. The Labute approximate surface area is 128 Å². The van der Waals surface area contributed by atoms with E-state index in [1.807, 2.05) is 20.0 Å². The molecule has 1 aromatic heterocycles. The van der Waals surface area contributed by atoms with Crippen molar-refractivity contribution in [3.05, 3.63) is 23.2 Å². The van der Waals surface area contributed by atoms with Crippen molar-refractivity contribution >= 4 is 29.3 Å². The minimum absolute atomic E-state index is 0.0881. The van der Waals surface area contributed by atoms with E-state index in [-0.39, 0.29) is 12.0 Å². The van der Waals surface area contributed by atoms with Crippen molar-refractivity contribution in [3.63, 3.8) is 0 Å². The van der Waals surface area contributed by atoms with Gasteiger partial charge in [0.1, 0.15) is 5.70 Å². The second-order valence-corrected chi connectivity index (χ2v) is 5.76. The lowest BCUT2D eigenvalue weighted by Gasteiger charge is -2.18. The molecule has 1 atom stereocenters. The van der Waals surface area contributed by atoms with E-state index in [2.05, 4.69) is 10.4 Å². The van der Waals surface area contributed by atoms with Crippen LogP contribution >= 0.6 is 12.2 Å². The first-order valence-electron chi connectivity index (χ1n) is 7.01. The smallest absolute Gasteiger partial charge is 0.276 e. The number of rotatable bonds is 3. The lowest BCUT2D eigenvalue weighted by molar-refractivity contribution is -0.123. The summed E-state index contributed by atoms with van der Waals surface area (Å²) in [6.07, 6.45) is 3.84. The third kappa shape index (κ3) is 2.84. The van der Waals surface area contributed by atoms with Crippen molar-refractivity contribution in [1.82, 2.24) is 20.0 Å². The van der Waals surface area contributed by atoms with Gasteiger partial charge in [0.2, 0.25) is 0 Å². The SMILES string of the molecule is Cc1cc(/C=C2/NC(=S)N(CC3CCCO3)C2=O)nn1C. The third-order valence-electron chi connectivity index (χ3n) is 3.80. The number of aryl methyl sites for hydroxylation is 2.